The number of aliphatic hydroxyl groups excluding tert-OH is 2. The monoisotopic (exact) mass is 574 g/mol. The van der Waals surface area contributed by atoms with Crippen molar-refractivity contribution in [3.05, 3.63) is 0 Å². The van der Waals surface area contributed by atoms with Crippen LogP contribution < -0.4 is 0 Å². The van der Waals surface area contributed by atoms with Gasteiger partial charge in [-0.05, 0) is 25.7 Å². The minimum atomic E-state index is -7.68. The van der Waals surface area contributed by atoms with Gasteiger partial charge in [0, 0.05) is 13.2 Å². The highest BCUT2D eigenvalue weighted by Crippen LogP contribution is 2.54. The lowest BCUT2D eigenvalue weighted by Crippen LogP contribution is -2.65. The summed E-state index contributed by atoms with van der Waals surface area (Å²) in [6.45, 7) is -3.59. The molecule has 0 amide bonds. The lowest BCUT2D eigenvalue weighted by atomic mass is 10.1. The molecular formula is C16H20F14O6. The van der Waals surface area contributed by atoms with Crippen LogP contribution in [0.3, 0.4) is 0 Å². The van der Waals surface area contributed by atoms with Gasteiger partial charge in [-0.25, -0.2) is 8.78 Å². The molecule has 6 nitrogen and oxygen atoms in total. The number of hydrogen-bond acceptors (Lipinski definition) is 6. The number of alkyl halides is 14. The quantitative estimate of drug-likeness (QED) is 0.170. The number of rotatable bonds is 19. The molecule has 0 saturated heterocycles. The fraction of sp³-hybridized carbons (Fsp3) is 1.00. The van der Waals surface area contributed by atoms with Crippen molar-refractivity contribution in [2.45, 2.75) is 74.7 Å². The molecule has 0 bridgehead atoms. The molecule has 36 heavy (non-hydrogen) atoms. The molecule has 2 unspecified atom stereocenters. The van der Waals surface area contributed by atoms with Gasteiger partial charge in [-0.1, -0.05) is 0 Å². The third-order valence-electron chi connectivity index (χ3n) is 3.85. The first kappa shape index (κ1) is 34.8. The summed E-state index contributed by atoms with van der Waals surface area (Å²) in [6, 6.07) is 0. The van der Waals surface area contributed by atoms with E-state index in [-0.39, 0.29) is 12.8 Å². The standard InChI is InChI=1S/C16H20F14O6/c17-9(11(19,20)33-7-3-1-5-31)35-15(27,28)13(23,24)14(25,26)16(29,30)36-10(18)12(21,22)34-8-4-2-6-32/h9-10,31-32H,1-8H2. The first-order chi connectivity index (χ1) is 16.1. The molecule has 0 heterocycles. The largest absolute Gasteiger partial charge is 0.428 e. The zero-order chi connectivity index (χ0) is 28.6. The molecule has 218 valence electrons. The molecule has 0 aliphatic rings. The van der Waals surface area contributed by atoms with E-state index < -0.39 is 88.3 Å². The van der Waals surface area contributed by atoms with E-state index in [1.54, 1.807) is 0 Å². The Bertz CT molecular complexity index is 597. The highest BCUT2D eigenvalue weighted by atomic mass is 19.4. The van der Waals surface area contributed by atoms with Crippen LogP contribution in [0.15, 0.2) is 0 Å². The summed E-state index contributed by atoms with van der Waals surface area (Å²) in [7, 11) is 0. The maximum absolute atomic E-state index is 13.6. The third kappa shape index (κ3) is 8.67. The smallest absolute Gasteiger partial charge is 0.396 e. The Morgan fingerprint density at radius 1 is 0.500 bits per heavy atom. The first-order valence-electron chi connectivity index (χ1n) is 9.53. The van der Waals surface area contributed by atoms with Gasteiger partial charge in [-0.3, -0.25) is 9.47 Å². The minimum Gasteiger partial charge on any atom is -0.396 e. The highest BCUT2D eigenvalue weighted by Gasteiger charge is 2.84. The third-order valence-corrected chi connectivity index (χ3v) is 3.85. The van der Waals surface area contributed by atoms with Crippen molar-refractivity contribution in [3.63, 3.8) is 0 Å². The first-order valence-corrected chi connectivity index (χ1v) is 9.53. The van der Waals surface area contributed by atoms with Crippen LogP contribution in [0.2, 0.25) is 0 Å². The van der Waals surface area contributed by atoms with Crippen LogP contribution in [0.25, 0.3) is 0 Å². The van der Waals surface area contributed by atoms with Crippen molar-refractivity contribution >= 4 is 0 Å². The summed E-state index contributed by atoms with van der Waals surface area (Å²) in [6.07, 6.45) is -36.8. The predicted molar refractivity (Wildman–Crippen MR) is 86.2 cm³/mol. The molecule has 0 saturated carbocycles. The molecule has 0 aromatic heterocycles. The van der Waals surface area contributed by atoms with E-state index in [2.05, 4.69) is 18.9 Å². The van der Waals surface area contributed by atoms with Gasteiger partial charge in [0.05, 0.1) is 13.2 Å². The van der Waals surface area contributed by atoms with Gasteiger partial charge < -0.3 is 19.7 Å². The molecule has 0 spiro atoms. The van der Waals surface area contributed by atoms with Crippen LogP contribution in [-0.4, -0.2) is 85.6 Å². The van der Waals surface area contributed by atoms with Gasteiger partial charge >= 0.3 is 36.3 Å². The van der Waals surface area contributed by atoms with Crippen LogP contribution >= 0.6 is 0 Å². The van der Waals surface area contributed by atoms with Gasteiger partial charge in [0.25, 0.3) is 12.7 Å². The normalized spacial score (nSPS) is 16.3. The summed E-state index contributed by atoms with van der Waals surface area (Å²) in [4.78, 5) is 0. The van der Waals surface area contributed by atoms with E-state index in [9.17, 15) is 61.5 Å². The summed E-state index contributed by atoms with van der Waals surface area (Å²) in [5.74, 6) is -15.4. The maximum atomic E-state index is 13.6. The zero-order valence-electron chi connectivity index (χ0n) is 17.6. The van der Waals surface area contributed by atoms with E-state index in [1.807, 2.05) is 0 Å². The van der Waals surface area contributed by atoms with Gasteiger partial charge in [-0.15, -0.1) is 0 Å². The molecule has 0 rings (SSSR count). The summed E-state index contributed by atoms with van der Waals surface area (Å²) < 4.78 is 199. The summed E-state index contributed by atoms with van der Waals surface area (Å²) in [5, 5.41) is 16.8. The topological polar surface area (TPSA) is 77.4 Å². The highest BCUT2D eigenvalue weighted by molar-refractivity contribution is 4.98. The average molecular weight is 574 g/mol. The molecule has 20 heteroatoms. The van der Waals surface area contributed by atoms with Crippen molar-refractivity contribution in [2.24, 2.45) is 0 Å². The van der Waals surface area contributed by atoms with Crippen LogP contribution in [0.4, 0.5) is 61.5 Å². The Hall–Kier alpha value is -1.22. The second-order valence-electron chi connectivity index (χ2n) is 6.73. The number of ether oxygens (including phenoxy) is 4. The maximum Gasteiger partial charge on any atom is 0.428 e. The van der Waals surface area contributed by atoms with Crippen LogP contribution in [-0.2, 0) is 18.9 Å². The molecule has 0 radical (unpaired) electrons. The molecule has 0 aliphatic carbocycles. The van der Waals surface area contributed by atoms with Crippen molar-refractivity contribution < 1.29 is 90.6 Å². The lowest BCUT2D eigenvalue weighted by Gasteiger charge is -2.37. The molecular weight excluding hydrogens is 554 g/mol. The average Bonchev–Trinajstić information content (AvgIpc) is 2.73. The second kappa shape index (κ2) is 13.0. The van der Waals surface area contributed by atoms with Crippen molar-refractivity contribution in [1.82, 2.24) is 0 Å². The Morgan fingerprint density at radius 3 is 1.03 bits per heavy atom. The number of unbranched alkanes of at least 4 members (excludes halogenated alkanes) is 2. The SMILES string of the molecule is OCCCCOC(F)(F)C(F)OC(F)(F)C(F)(F)C(F)(F)C(F)(F)OC(F)C(F)(F)OCCCCO. The second-order valence-corrected chi connectivity index (χ2v) is 6.73. The van der Waals surface area contributed by atoms with Gasteiger partial charge in [0.15, 0.2) is 0 Å². The van der Waals surface area contributed by atoms with E-state index in [1.165, 1.54) is 0 Å². The fourth-order valence-electron chi connectivity index (χ4n) is 1.89. The molecule has 0 fully saturated rings. The zero-order valence-corrected chi connectivity index (χ0v) is 17.6. The lowest BCUT2D eigenvalue weighted by molar-refractivity contribution is -0.500. The summed E-state index contributed by atoms with van der Waals surface area (Å²) in [5.41, 5.74) is 0. The van der Waals surface area contributed by atoms with E-state index in [0.717, 1.165) is 0 Å². The molecule has 0 aromatic rings. The Labute approximate surface area is 193 Å². The van der Waals surface area contributed by atoms with Crippen molar-refractivity contribution in [2.75, 3.05) is 26.4 Å². The van der Waals surface area contributed by atoms with E-state index >= 15 is 0 Å². The van der Waals surface area contributed by atoms with Crippen molar-refractivity contribution in [1.29, 1.82) is 0 Å². The van der Waals surface area contributed by atoms with Gasteiger partial charge in [0.1, 0.15) is 0 Å². The molecule has 0 aromatic carbocycles. The fourth-order valence-corrected chi connectivity index (χ4v) is 1.89. The number of halogens is 14. The van der Waals surface area contributed by atoms with E-state index in [0.29, 0.717) is 0 Å². The van der Waals surface area contributed by atoms with E-state index in [4.69, 9.17) is 10.2 Å². The van der Waals surface area contributed by atoms with Gasteiger partial charge in [0.2, 0.25) is 0 Å². The predicted octanol–water partition coefficient (Wildman–Crippen LogP) is 4.83. The molecule has 2 N–H and O–H groups in total. The Balaban J connectivity index is 5.57. The Morgan fingerprint density at radius 2 is 0.778 bits per heavy atom. The Kier molecular flexibility index (Phi) is 12.6. The summed E-state index contributed by atoms with van der Waals surface area (Å²) >= 11 is 0. The van der Waals surface area contributed by atoms with Crippen LogP contribution in [0.5, 0.6) is 0 Å². The number of aliphatic hydroxyl groups is 2. The van der Waals surface area contributed by atoms with Gasteiger partial charge in [-0.2, -0.15) is 52.7 Å². The number of hydrogen-bond donors (Lipinski definition) is 2. The van der Waals surface area contributed by atoms with Crippen LogP contribution in [0, 0.1) is 0 Å². The molecule has 2 atom stereocenters. The van der Waals surface area contributed by atoms with Crippen LogP contribution in [0.1, 0.15) is 25.7 Å². The molecule has 0 aliphatic heterocycles. The van der Waals surface area contributed by atoms with Crippen molar-refractivity contribution in [3.8, 4) is 0 Å². The minimum absolute atomic E-state index is 0.244.